The molecule has 2 aromatic rings. The van der Waals surface area contributed by atoms with Gasteiger partial charge in [0.25, 0.3) is 0 Å². The molecule has 0 radical (unpaired) electrons. The highest BCUT2D eigenvalue weighted by Gasteiger charge is 2.09. The van der Waals surface area contributed by atoms with Gasteiger partial charge in [0, 0.05) is 23.2 Å². The molecule has 0 aliphatic heterocycles. The Morgan fingerprint density at radius 3 is 2.71 bits per heavy atom. The van der Waals surface area contributed by atoms with E-state index in [4.69, 9.17) is 9.84 Å². The van der Waals surface area contributed by atoms with Crippen molar-refractivity contribution in [2.24, 2.45) is 0 Å². The normalized spacial score (nSPS) is 10.4. The zero-order valence-corrected chi connectivity index (χ0v) is 14.8. The van der Waals surface area contributed by atoms with Gasteiger partial charge in [0.15, 0.2) is 5.69 Å². The Hall–Kier alpha value is -2.06. The molecule has 24 heavy (non-hydrogen) atoms. The van der Waals surface area contributed by atoms with E-state index in [0.717, 1.165) is 10.6 Å². The predicted octanol–water partition coefficient (Wildman–Crippen LogP) is 2.69. The van der Waals surface area contributed by atoms with Crippen molar-refractivity contribution in [3.8, 4) is 5.75 Å². The number of carboxylic acid groups (broad SMARTS) is 1. The van der Waals surface area contributed by atoms with Crippen molar-refractivity contribution in [3.63, 3.8) is 0 Å². The van der Waals surface area contributed by atoms with Crippen molar-refractivity contribution in [2.75, 3.05) is 18.9 Å². The molecular weight excluding hydrogens is 348 g/mol. The third-order valence-electron chi connectivity index (χ3n) is 2.94. The first-order chi connectivity index (χ1) is 11.6. The fourth-order valence-corrected chi connectivity index (χ4v) is 3.33. The number of nitrogens with one attached hydrogen (secondary N) is 1. The largest absolute Gasteiger partial charge is 0.494 e. The van der Waals surface area contributed by atoms with E-state index in [1.165, 1.54) is 28.5 Å². The summed E-state index contributed by atoms with van der Waals surface area (Å²) < 4.78 is 5.37. The van der Waals surface area contributed by atoms with E-state index in [1.807, 2.05) is 31.2 Å². The molecule has 2 N–H and O–H groups in total. The van der Waals surface area contributed by atoms with Crippen molar-refractivity contribution in [1.29, 1.82) is 0 Å². The van der Waals surface area contributed by atoms with Gasteiger partial charge in [-0.25, -0.2) is 9.78 Å². The second-order valence-electron chi connectivity index (χ2n) is 4.72. The number of aromatic nitrogens is 1. The van der Waals surface area contributed by atoms with Crippen LogP contribution in [0.5, 0.6) is 5.75 Å². The standard InChI is InChI=1S/C16H18N2O4S2/c1-2-22-11-3-5-12(6-4-11)23-10-14(19)17-8-7-15-18-13(9-24-15)16(20)21/h3-6,9H,2,7-8,10H2,1H3,(H,17,19)(H,20,21). The van der Waals surface area contributed by atoms with Crippen molar-refractivity contribution >= 4 is 35.0 Å². The number of aromatic carboxylic acids is 1. The lowest BCUT2D eigenvalue weighted by Gasteiger charge is -2.06. The van der Waals surface area contributed by atoms with Crippen molar-refractivity contribution in [1.82, 2.24) is 10.3 Å². The summed E-state index contributed by atoms with van der Waals surface area (Å²) in [5, 5.41) is 13.8. The van der Waals surface area contributed by atoms with Gasteiger partial charge in [-0.05, 0) is 31.2 Å². The number of thioether (sulfide) groups is 1. The van der Waals surface area contributed by atoms with E-state index >= 15 is 0 Å². The topological polar surface area (TPSA) is 88.5 Å². The van der Waals surface area contributed by atoms with Crippen LogP contribution in [0.3, 0.4) is 0 Å². The molecule has 2 rings (SSSR count). The number of thiazole rings is 1. The van der Waals surface area contributed by atoms with Gasteiger partial charge in [0.2, 0.25) is 5.91 Å². The summed E-state index contributed by atoms with van der Waals surface area (Å²) in [6.45, 7) is 3.00. The SMILES string of the molecule is CCOc1ccc(SCC(=O)NCCc2nc(C(=O)O)cs2)cc1. The lowest BCUT2D eigenvalue weighted by atomic mass is 10.3. The zero-order chi connectivity index (χ0) is 17.4. The fourth-order valence-electron chi connectivity index (χ4n) is 1.83. The lowest BCUT2D eigenvalue weighted by molar-refractivity contribution is -0.118. The molecule has 0 unspecified atom stereocenters. The number of ether oxygens (including phenoxy) is 1. The first-order valence-electron chi connectivity index (χ1n) is 7.38. The van der Waals surface area contributed by atoms with Crippen molar-refractivity contribution < 1.29 is 19.4 Å². The minimum atomic E-state index is -1.03. The zero-order valence-electron chi connectivity index (χ0n) is 13.2. The van der Waals surface area contributed by atoms with E-state index in [-0.39, 0.29) is 11.6 Å². The van der Waals surface area contributed by atoms with Crippen LogP contribution in [0.25, 0.3) is 0 Å². The summed E-state index contributed by atoms with van der Waals surface area (Å²) in [5.41, 5.74) is 0.0485. The van der Waals surface area contributed by atoms with Crippen LogP contribution in [0.15, 0.2) is 34.5 Å². The van der Waals surface area contributed by atoms with Gasteiger partial charge in [0.1, 0.15) is 5.75 Å². The van der Waals surface area contributed by atoms with E-state index in [1.54, 1.807) is 0 Å². The first kappa shape index (κ1) is 18.3. The van der Waals surface area contributed by atoms with Crippen LogP contribution in [-0.2, 0) is 11.2 Å². The third kappa shape index (κ3) is 5.86. The van der Waals surface area contributed by atoms with Crippen LogP contribution in [0, 0.1) is 0 Å². The second kappa shape index (κ2) is 9.29. The highest BCUT2D eigenvalue weighted by molar-refractivity contribution is 8.00. The molecule has 0 spiro atoms. The highest BCUT2D eigenvalue weighted by atomic mass is 32.2. The number of rotatable bonds is 9. The lowest BCUT2D eigenvalue weighted by Crippen LogP contribution is -2.27. The number of nitrogens with zero attached hydrogens (tertiary/aromatic N) is 1. The van der Waals surface area contributed by atoms with Gasteiger partial charge in [-0.15, -0.1) is 23.1 Å². The highest BCUT2D eigenvalue weighted by Crippen LogP contribution is 2.21. The smallest absolute Gasteiger partial charge is 0.355 e. The number of amides is 1. The number of carbonyl (C=O) groups is 2. The molecule has 0 saturated heterocycles. The summed E-state index contributed by atoms with van der Waals surface area (Å²) in [5.74, 6) is 0.0411. The predicted molar refractivity (Wildman–Crippen MR) is 94.1 cm³/mol. The Kier molecular flexibility index (Phi) is 7.07. The van der Waals surface area contributed by atoms with E-state index < -0.39 is 5.97 Å². The maximum atomic E-state index is 11.8. The summed E-state index contributed by atoms with van der Waals surface area (Å²) in [7, 11) is 0. The van der Waals surface area contributed by atoms with Gasteiger partial charge in [-0.2, -0.15) is 0 Å². The van der Waals surface area contributed by atoms with Crippen LogP contribution >= 0.6 is 23.1 Å². The number of hydrogen-bond donors (Lipinski definition) is 2. The molecule has 0 bridgehead atoms. The Morgan fingerprint density at radius 1 is 1.33 bits per heavy atom. The molecule has 1 aromatic carbocycles. The minimum Gasteiger partial charge on any atom is -0.494 e. The maximum Gasteiger partial charge on any atom is 0.355 e. The molecule has 1 heterocycles. The van der Waals surface area contributed by atoms with Crippen LogP contribution < -0.4 is 10.1 Å². The minimum absolute atomic E-state index is 0.0485. The van der Waals surface area contributed by atoms with E-state index in [2.05, 4.69) is 10.3 Å². The average Bonchev–Trinajstić information content (AvgIpc) is 3.04. The molecule has 1 aromatic heterocycles. The monoisotopic (exact) mass is 366 g/mol. The number of hydrogen-bond acceptors (Lipinski definition) is 6. The molecule has 0 aliphatic carbocycles. The summed E-state index contributed by atoms with van der Waals surface area (Å²) >= 11 is 2.74. The van der Waals surface area contributed by atoms with Crippen LogP contribution in [0.1, 0.15) is 22.4 Å². The van der Waals surface area contributed by atoms with Crippen LogP contribution in [0.4, 0.5) is 0 Å². The molecular formula is C16H18N2O4S2. The van der Waals surface area contributed by atoms with Gasteiger partial charge < -0.3 is 15.2 Å². The Balaban J connectivity index is 1.68. The number of carboxylic acids is 1. The number of carbonyl (C=O) groups excluding carboxylic acids is 1. The molecule has 128 valence electrons. The van der Waals surface area contributed by atoms with Crippen LogP contribution in [0.2, 0.25) is 0 Å². The van der Waals surface area contributed by atoms with Gasteiger partial charge in [0.05, 0.1) is 17.4 Å². The molecule has 0 aliphatic rings. The third-order valence-corrected chi connectivity index (χ3v) is 4.86. The molecule has 1 amide bonds. The molecule has 6 nitrogen and oxygen atoms in total. The quantitative estimate of drug-likeness (QED) is 0.664. The maximum absolute atomic E-state index is 11.8. The fraction of sp³-hybridized carbons (Fsp3) is 0.312. The molecule has 8 heteroatoms. The Labute approximate surface area is 148 Å². The summed E-state index contributed by atoms with van der Waals surface area (Å²) in [6, 6.07) is 7.61. The van der Waals surface area contributed by atoms with Crippen molar-refractivity contribution in [2.45, 2.75) is 18.2 Å². The van der Waals surface area contributed by atoms with E-state index in [9.17, 15) is 9.59 Å². The average molecular weight is 366 g/mol. The summed E-state index contributed by atoms with van der Waals surface area (Å²) in [4.78, 5) is 27.5. The molecule has 0 fully saturated rings. The van der Waals surface area contributed by atoms with Gasteiger partial charge in [-0.1, -0.05) is 0 Å². The van der Waals surface area contributed by atoms with Crippen LogP contribution in [-0.4, -0.2) is 40.9 Å². The van der Waals surface area contributed by atoms with Gasteiger partial charge >= 0.3 is 5.97 Å². The summed E-state index contributed by atoms with van der Waals surface area (Å²) in [6.07, 6.45) is 0.525. The van der Waals surface area contributed by atoms with E-state index in [0.29, 0.717) is 30.3 Å². The second-order valence-corrected chi connectivity index (χ2v) is 6.72. The number of benzene rings is 1. The molecule has 0 atom stereocenters. The molecule has 0 saturated carbocycles. The first-order valence-corrected chi connectivity index (χ1v) is 9.25. The van der Waals surface area contributed by atoms with Crippen molar-refractivity contribution in [3.05, 3.63) is 40.3 Å². The van der Waals surface area contributed by atoms with Gasteiger partial charge in [-0.3, -0.25) is 4.79 Å². The Morgan fingerprint density at radius 2 is 2.08 bits per heavy atom. The Bertz CT molecular complexity index is 686.